The van der Waals surface area contributed by atoms with E-state index < -0.39 is 0 Å². The molecule has 0 aliphatic heterocycles. The molecule has 126 valence electrons. The van der Waals surface area contributed by atoms with Gasteiger partial charge < -0.3 is 15.5 Å². The third-order valence-corrected chi connectivity index (χ3v) is 3.57. The third-order valence-electron chi connectivity index (χ3n) is 3.57. The van der Waals surface area contributed by atoms with Crippen LogP contribution in [0, 0.1) is 0 Å². The normalized spacial score (nSPS) is 11.0. The average Bonchev–Trinajstić information content (AvgIpc) is 2.63. The number of rotatable bonds is 6. The van der Waals surface area contributed by atoms with E-state index in [0.29, 0.717) is 18.7 Å². The highest BCUT2D eigenvalue weighted by Crippen LogP contribution is 2.02. The molecule has 2 aromatic rings. The van der Waals surface area contributed by atoms with E-state index in [-0.39, 0.29) is 5.91 Å². The fourth-order valence-corrected chi connectivity index (χ4v) is 2.36. The van der Waals surface area contributed by atoms with Crippen LogP contribution in [0.5, 0.6) is 0 Å². The Labute approximate surface area is 143 Å². The molecule has 5 nitrogen and oxygen atoms in total. The number of amides is 1. The lowest BCUT2D eigenvalue weighted by atomic mass is 10.2. The minimum absolute atomic E-state index is 0.0648. The largest absolute Gasteiger partial charge is 0.354 e. The van der Waals surface area contributed by atoms with Crippen LogP contribution < -0.4 is 10.6 Å². The summed E-state index contributed by atoms with van der Waals surface area (Å²) in [6, 6.07) is 19.4. The topological polar surface area (TPSA) is 56.7 Å². The van der Waals surface area contributed by atoms with Crippen molar-refractivity contribution in [2.24, 2.45) is 4.99 Å². The summed E-state index contributed by atoms with van der Waals surface area (Å²) < 4.78 is 0. The van der Waals surface area contributed by atoms with Crippen LogP contribution in [0.15, 0.2) is 65.7 Å². The molecule has 1 amide bonds. The number of guanidine groups is 1. The molecule has 2 N–H and O–H groups in total. The Kier molecular flexibility index (Phi) is 6.83. The number of hydrogen-bond donors (Lipinski definition) is 2. The Hall–Kier alpha value is -2.82. The van der Waals surface area contributed by atoms with Gasteiger partial charge in [-0.3, -0.25) is 9.79 Å². The first-order valence-electron chi connectivity index (χ1n) is 7.99. The molecule has 2 aromatic carbocycles. The number of hydrogen-bond acceptors (Lipinski definition) is 2. The summed E-state index contributed by atoms with van der Waals surface area (Å²) in [7, 11) is 3.75. The molecule has 2 rings (SSSR count). The molecule has 24 heavy (non-hydrogen) atoms. The van der Waals surface area contributed by atoms with Crippen molar-refractivity contribution in [3.63, 3.8) is 0 Å². The Morgan fingerprint density at radius 3 is 2.17 bits per heavy atom. The lowest BCUT2D eigenvalue weighted by Gasteiger charge is -2.22. The molecule has 0 aromatic heterocycles. The summed E-state index contributed by atoms with van der Waals surface area (Å²) in [5.41, 5.74) is 1.89. The molecule has 0 aliphatic carbocycles. The third kappa shape index (κ3) is 5.43. The highest BCUT2D eigenvalue weighted by Gasteiger charge is 2.07. The zero-order chi connectivity index (χ0) is 17.2. The quantitative estimate of drug-likeness (QED) is 0.486. The predicted molar refractivity (Wildman–Crippen MR) is 98.0 cm³/mol. The van der Waals surface area contributed by atoms with Crippen LogP contribution >= 0.6 is 0 Å². The lowest BCUT2D eigenvalue weighted by Crippen LogP contribution is -2.42. The smallest absolute Gasteiger partial charge is 0.251 e. The van der Waals surface area contributed by atoms with Crippen molar-refractivity contribution >= 4 is 11.9 Å². The van der Waals surface area contributed by atoms with Gasteiger partial charge in [0.1, 0.15) is 0 Å². The van der Waals surface area contributed by atoms with E-state index in [1.54, 1.807) is 19.2 Å². The first-order valence-corrected chi connectivity index (χ1v) is 7.99. The number of carbonyl (C=O) groups excluding carboxylic acids is 1. The van der Waals surface area contributed by atoms with Crippen LogP contribution in [0.4, 0.5) is 0 Å². The molecule has 0 spiro atoms. The Morgan fingerprint density at radius 1 is 0.958 bits per heavy atom. The molecular weight excluding hydrogens is 300 g/mol. The van der Waals surface area contributed by atoms with E-state index in [4.69, 9.17) is 0 Å². The van der Waals surface area contributed by atoms with Gasteiger partial charge in [0.25, 0.3) is 5.91 Å². The van der Waals surface area contributed by atoms with Crippen molar-refractivity contribution in [1.82, 2.24) is 15.5 Å². The molecule has 5 heteroatoms. The highest BCUT2D eigenvalue weighted by atomic mass is 16.1. The Balaban J connectivity index is 1.74. The maximum absolute atomic E-state index is 12.0. The average molecular weight is 324 g/mol. The molecule has 0 bridgehead atoms. The van der Waals surface area contributed by atoms with Gasteiger partial charge in [0.05, 0.1) is 0 Å². The number of aliphatic imine (C=N–C) groups is 1. The second-order valence-corrected chi connectivity index (χ2v) is 5.44. The number of carbonyl (C=O) groups is 1. The molecule has 0 saturated carbocycles. The minimum atomic E-state index is -0.0648. The van der Waals surface area contributed by atoms with Crippen molar-refractivity contribution in [3.8, 4) is 0 Å². The fraction of sp³-hybridized carbons (Fsp3) is 0.263. The van der Waals surface area contributed by atoms with Crippen LogP contribution in [-0.4, -0.2) is 44.0 Å². The number of nitrogens with zero attached hydrogens (tertiary/aromatic N) is 2. The predicted octanol–water partition coefficient (Wildman–Crippen LogP) is 2.12. The SMILES string of the molecule is CN=C(NCCNC(=O)c1ccccc1)N(C)Cc1ccccc1. The van der Waals surface area contributed by atoms with Gasteiger partial charge in [-0.05, 0) is 17.7 Å². The van der Waals surface area contributed by atoms with Crippen molar-refractivity contribution in [3.05, 3.63) is 71.8 Å². The molecule has 0 unspecified atom stereocenters. The lowest BCUT2D eigenvalue weighted by molar-refractivity contribution is 0.0954. The molecule has 0 aliphatic rings. The van der Waals surface area contributed by atoms with E-state index in [1.165, 1.54) is 5.56 Å². The van der Waals surface area contributed by atoms with E-state index in [9.17, 15) is 4.79 Å². The van der Waals surface area contributed by atoms with E-state index >= 15 is 0 Å². The first kappa shape index (κ1) is 17.5. The summed E-state index contributed by atoms with van der Waals surface area (Å²) in [6.45, 7) is 1.92. The second kappa shape index (κ2) is 9.35. The van der Waals surface area contributed by atoms with Crippen LogP contribution in [0.2, 0.25) is 0 Å². The molecule has 0 atom stereocenters. The van der Waals surface area contributed by atoms with Gasteiger partial charge in [-0.25, -0.2) is 0 Å². The van der Waals surface area contributed by atoms with Crippen molar-refractivity contribution < 1.29 is 4.79 Å². The number of benzene rings is 2. The standard InChI is InChI=1S/C19H24N4O/c1-20-19(23(2)15-16-9-5-3-6-10-16)22-14-13-21-18(24)17-11-7-4-8-12-17/h3-12H,13-15H2,1-2H3,(H,20,22)(H,21,24). The summed E-state index contributed by atoms with van der Waals surface area (Å²) >= 11 is 0. The minimum Gasteiger partial charge on any atom is -0.354 e. The van der Waals surface area contributed by atoms with E-state index in [2.05, 4.69) is 27.8 Å². The van der Waals surface area contributed by atoms with Crippen molar-refractivity contribution in [2.75, 3.05) is 27.2 Å². The van der Waals surface area contributed by atoms with Gasteiger partial charge in [0.15, 0.2) is 5.96 Å². The van der Waals surface area contributed by atoms with Gasteiger partial charge in [-0.1, -0.05) is 48.5 Å². The second-order valence-electron chi connectivity index (χ2n) is 5.44. The monoisotopic (exact) mass is 324 g/mol. The van der Waals surface area contributed by atoms with Gasteiger partial charge in [0.2, 0.25) is 0 Å². The molecule has 0 saturated heterocycles. The van der Waals surface area contributed by atoms with Crippen molar-refractivity contribution in [1.29, 1.82) is 0 Å². The van der Waals surface area contributed by atoms with Crippen LogP contribution in [0.3, 0.4) is 0 Å². The van der Waals surface area contributed by atoms with Gasteiger partial charge >= 0.3 is 0 Å². The summed E-state index contributed by atoms with van der Waals surface area (Å²) in [5.74, 6) is 0.734. The maximum atomic E-state index is 12.0. The summed E-state index contributed by atoms with van der Waals surface area (Å²) in [6.07, 6.45) is 0. The first-order chi connectivity index (χ1) is 11.7. The van der Waals surface area contributed by atoms with Gasteiger partial charge in [0, 0.05) is 39.3 Å². The van der Waals surface area contributed by atoms with Crippen LogP contribution in [0.1, 0.15) is 15.9 Å². The summed E-state index contributed by atoms with van der Waals surface area (Å²) in [5, 5.41) is 6.15. The summed E-state index contributed by atoms with van der Waals surface area (Å²) in [4.78, 5) is 18.3. The van der Waals surface area contributed by atoms with Gasteiger partial charge in [-0.15, -0.1) is 0 Å². The van der Waals surface area contributed by atoms with E-state index in [1.807, 2.05) is 48.3 Å². The molecule has 0 radical (unpaired) electrons. The van der Waals surface area contributed by atoms with Crippen LogP contribution in [0.25, 0.3) is 0 Å². The maximum Gasteiger partial charge on any atom is 0.251 e. The van der Waals surface area contributed by atoms with Gasteiger partial charge in [-0.2, -0.15) is 0 Å². The molecular formula is C19H24N4O. The zero-order valence-corrected chi connectivity index (χ0v) is 14.2. The Morgan fingerprint density at radius 2 is 1.54 bits per heavy atom. The number of nitrogens with one attached hydrogen (secondary N) is 2. The molecule has 0 heterocycles. The van der Waals surface area contributed by atoms with Crippen LogP contribution in [-0.2, 0) is 6.54 Å². The molecule has 0 fully saturated rings. The van der Waals surface area contributed by atoms with Crippen molar-refractivity contribution in [2.45, 2.75) is 6.54 Å². The Bertz CT molecular complexity index is 656. The fourth-order valence-electron chi connectivity index (χ4n) is 2.36. The van der Waals surface area contributed by atoms with E-state index in [0.717, 1.165) is 12.5 Å². The highest BCUT2D eigenvalue weighted by molar-refractivity contribution is 5.94. The zero-order valence-electron chi connectivity index (χ0n) is 14.2.